The van der Waals surface area contributed by atoms with Gasteiger partial charge in [-0.25, -0.2) is 0 Å². The number of nitrogens with one attached hydrogen (secondary N) is 8. The van der Waals surface area contributed by atoms with E-state index in [1.807, 2.05) is 30.3 Å². The van der Waals surface area contributed by atoms with Crippen LogP contribution < -0.4 is 42.5 Å². The summed E-state index contributed by atoms with van der Waals surface area (Å²) in [5.41, 5.74) is 6.50. The quantitative estimate of drug-likeness (QED) is 0.0582. The molecular formula is C65H82N10O8. The number of rotatable bonds is 18. The first kappa shape index (κ1) is 58.7. The molecular weight excluding hydrogens is 1050 g/mol. The lowest BCUT2D eigenvalue weighted by atomic mass is 9.83. The number of carbonyl (C=O) groups excluding carboxylic acids is 8. The van der Waals surface area contributed by atoms with Crippen LogP contribution in [0.4, 0.5) is 0 Å². The summed E-state index contributed by atoms with van der Waals surface area (Å²) in [6, 6.07) is 21.6. The molecule has 2 saturated heterocycles. The van der Waals surface area contributed by atoms with Crippen molar-refractivity contribution >= 4 is 58.0 Å². The fraction of sp³-hybridized carbons (Fsp3) is 0.508. The minimum atomic E-state index is -0.922. The van der Waals surface area contributed by atoms with E-state index in [1.165, 1.54) is 21.6 Å². The molecule has 4 aromatic carbocycles. The van der Waals surface area contributed by atoms with Crippen molar-refractivity contribution in [2.24, 2.45) is 5.92 Å². The maximum atomic E-state index is 14.9. The largest absolute Gasteiger partial charge is 0.354 e. The zero-order chi connectivity index (χ0) is 58.3. The molecule has 440 valence electrons. The summed E-state index contributed by atoms with van der Waals surface area (Å²) < 4.78 is 0. The lowest BCUT2D eigenvalue weighted by molar-refractivity contribution is -0.143. The molecule has 2 aliphatic heterocycles. The van der Waals surface area contributed by atoms with Crippen LogP contribution in [0.3, 0.4) is 0 Å². The molecule has 83 heavy (non-hydrogen) atoms. The lowest BCUT2D eigenvalue weighted by Gasteiger charge is -2.35. The van der Waals surface area contributed by atoms with Crippen molar-refractivity contribution in [3.63, 3.8) is 0 Å². The van der Waals surface area contributed by atoms with E-state index in [9.17, 15) is 38.4 Å². The number of allylic oxidation sites excluding steroid dienone is 1. The number of nitrogens with zero attached hydrogens (tertiary/aromatic N) is 2. The first-order valence-corrected chi connectivity index (χ1v) is 30.4. The van der Waals surface area contributed by atoms with Crippen molar-refractivity contribution in [1.29, 1.82) is 0 Å². The van der Waals surface area contributed by atoms with E-state index < -0.39 is 54.1 Å². The number of likely N-dealkylation sites (tertiary alicyclic amines) is 2. The van der Waals surface area contributed by atoms with Crippen LogP contribution in [-0.2, 0) is 41.6 Å². The van der Waals surface area contributed by atoms with Gasteiger partial charge in [0.2, 0.25) is 29.5 Å². The monoisotopic (exact) mass is 1130 g/mol. The number of carbonyl (C=O) groups is 8. The zero-order valence-corrected chi connectivity index (χ0v) is 48.5. The Balaban J connectivity index is 0.834. The first-order valence-electron chi connectivity index (χ1n) is 30.4. The summed E-state index contributed by atoms with van der Waals surface area (Å²) in [4.78, 5) is 117. The molecule has 18 heteroatoms. The minimum absolute atomic E-state index is 0.0473. The number of hydrogen-bond donors (Lipinski definition) is 8. The van der Waals surface area contributed by atoms with E-state index in [2.05, 4.69) is 60.7 Å². The fourth-order valence-electron chi connectivity index (χ4n) is 13.6. The summed E-state index contributed by atoms with van der Waals surface area (Å²) in [6.07, 6.45) is 12.4. The average Bonchev–Trinajstić information content (AvgIpc) is 4.49. The van der Waals surface area contributed by atoms with Gasteiger partial charge in [-0.1, -0.05) is 86.3 Å². The second-order valence-electron chi connectivity index (χ2n) is 24.0. The van der Waals surface area contributed by atoms with Crippen LogP contribution in [0.25, 0.3) is 10.8 Å². The van der Waals surface area contributed by atoms with Gasteiger partial charge in [0.1, 0.15) is 23.8 Å². The van der Waals surface area contributed by atoms with Gasteiger partial charge in [0.15, 0.2) is 0 Å². The molecule has 9 atom stereocenters. The highest BCUT2D eigenvalue weighted by Gasteiger charge is 2.46. The Morgan fingerprint density at radius 3 is 1.76 bits per heavy atom. The Morgan fingerprint density at radius 1 is 0.566 bits per heavy atom. The van der Waals surface area contributed by atoms with Gasteiger partial charge in [0, 0.05) is 48.8 Å². The summed E-state index contributed by atoms with van der Waals surface area (Å²) in [5, 5.41) is 26.0. The van der Waals surface area contributed by atoms with Crippen LogP contribution in [0.5, 0.6) is 0 Å². The third kappa shape index (κ3) is 13.3. The standard InChI is InChI=1S/C65H82N10O8/c1-38(66-3)58(76)72-56(42-17-7-5-8-18-42)64(82)74-36-49(33-54(74)62(80)68-35-48-28-23-40-15-11-13-21-51(40)48)69-60(78)46-26-24-45-32-47(27-25-44(45)31-46)61(79)70-50-34-55(63(81)71-53-30-29-41-16-12-14-22-52(41)53)75(37-50)65(83)57(43-19-9-6-10-20-43)73-59(77)39(2)67-4/h11-16,21-22,24-27,31-32,38-39,42,48-50,53-56,66-67H,5-10,17-20,23,28-30,33-37H2,1-4H3,(H,68,80)(H,69,78)(H,70,79)(H,71,81)(H,72,76)(H,73,77)/t38-,39-,48?,49-,50-,53+,54-,55-,56-/m0/s1. The molecule has 4 aromatic rings. The molecule has 2 heterocycles. The number of aryl methyl sites for hydroxylation is 2. The van der Waals surface area contributed by atoms with Gasteiger partial charge in [0.05, 0.1) is 18.1 Å². The number of amides is 8. The number of hydrogen-bond acceptors (Lipinski definition) is 10. The van der Waals surface area contributed by atoms with Gasteiger partial charge in [-0.3, -0.25) is 38.4 Å². The Morgan fingerprint density at radius 2 is 1.12 bits per heavy atom. The predicted molar refractivity (Wildman–Crippen MR) is 317 cm³/mol. The fourth-order valence-corrected chi connectivity index (χ4v) is 13.6. The molecule has 4 fully saturated rings. The highest BCUT2D eigenvalue weighted by Crippen LogP contribution is 2.35. The molecule has 8 amide bonds. The summed E-state index contributed by atoms with van der Waals surface area (Å²) >= 11 is 0. The van der Waals surface area contributed by atoms with Gasteiger partial charge in [0.25, 0.3) is 17.7 Å². The Labute approximate surface area is 486 Å². The van der Waals surface area contributed by atoms with E-state index in [0.717, 1.165) is 88.2 Å². The lowest BCUT2D eigenvalue weighted by Crippen LogP contribution is -2.58. The van der Waals surface area contributed by atoms with E-state index in [-0.39, 0.29) is 84.9 Å². The maximum Gasteiger partial charge on any atom is 0.271 e. The topological polar surface area (TPSA) is 239 Å². The second-order valence-corrected chi connectivity index (χ2v) is 24.0. The summed E-state index contributed by atoms with van der Waals surface area (Å²) in [6.45, 7) is 4.01. The SMILES string of the molecule is CN[C@@H](C)C(=O)NC(C(=O)N1C[C@@H](NC(=O)c2ccc3cc(C(=O)N[C@H]4C[C@@H](C(=O)NCC5CCc6ccccc65)N(C(=O)[C@@H](NC(=O)[C@H](C)NC)C5CCCCC5)C4)ccc3c2)C[C@H]1C(=O)N[C@@H]1CCc2ccccc21)=C1CCCCC1. The van der Waals surface area contributed by atoms with Gasteiger partial charge in [-0.2, -0.15) is 0 Å². The molecule has 0 bridgehead atoms. The predicted octanol–water partition coefficient (Wildman–Crippen LogP) is 5.50. The molecule has 2 saturated carbocycles. The van der Waals surface area contributed by atoms with E-state index in [1.54, 1.807) is 69.2 Å². The van der Waals surface area contributed by atoms with E-state index in [4.69, 9.17) is 0 Å². The highest BCUT2D eigenvalue weighted by molar-refractivity contribution is 6.04. The van der Waals surface area contributed by atoms with Crippen LogP contribution in [0.1, 0.15) is 159 Å². The number of fused-ring (bicyclic) bond motifs is 3. The number of likely N-dealkylation sites (N-methyl/N-ethyl adjacent to an activating group) is 2. The molecule has 6 aliphatic rings. The third-order valence-electron chi connectivity index (χ3n) is 18.6. The maximum absolute atomic E-state index is 14.9. The van der Waals surface area contributed by atoms with Crippen LogP contribution in [0.2, 0.25) is 0 Å². The van der Waals surface area contributed by atoms with Crippen LogP contribution in [-0.4, -0.2) is 133 Å². The van der Waals surface area contributed by atoms with Crippen molar-refractivity contribution in [2.75, 3.05) is 33.7 Å². The molecule has 0 spiro atoms. The van der Waals surface area contributed by atoms with Gasteiger partial charge >= 0.3 is 0 Å². The molecule has 4 aliphatic carbocycles. The molecule has 10 rings (SSSR count). The Kier molecular flexibility index (Phi) is 18.7. The van der Waals surface area contributed by atoms with E-state index >= 15 is 0 Å². The summed E-state index contributed by atoms with van der Waals surface area (Å²) in [5.74, 6) is -2.74. The molecule has 0 aromatic heterocycles. The van der Waals surface area contributed by atoms with E-state index in [0.29, 0.717) is 41.3 Å². The van der Waals surface area contributed by atoms with Crippen molar-refractivity contribution in [3.8, 4) is 0 Å². The van der Waals surface area contributed by atoms with Gasteiger partial charge in [-0.15, -0.1) is 0 Å². The molecule has 18 nitrogen and oxygen atoms in total. The van der Waals surface area contributed by atoms with Crippen molar-refractivity contribution in [2.45, 2.75) is 171 Å². The minimum Gasteiger partial charge on any atom is -0.354 e. The molecule has 1 unspecified atom stereocenters. The third-order valence-corrected chi connectivity index (χ3v) is 18.6. The van der Waals surface area contributed by atoms with Gasteiger partial charge in [-0.05, 0) is 174 Å². The Bertz CT molecular complexity index is 3150. The number of benzene rings is 4. The van der Waals surface area contributed by atoms with Crippen LogP contribution >= 0.6 is 0 Å². The van der Waals surface area contributed by atoms with Crippen molar-refractivity contribution in [1.82, 2.24) is 52.3 Å². The molecule has 8 N–H and O–H groups in total. The van der Waals surface area contributed by atoms with Crippen molar-refractivity contribution < 1.29 is 38.4 Å². The molecule has 0 radical (unpaired) electrons. The second kappa shape index (κ2) is 26.4. The van der Waals surface area contributed by atoms with Crippen LogP contribution in [0.15, 0.2) is 96.2 Å². The Hall–Kier alpha value is -7.44. The van der Waals surface area contributed by atoms with Crippen LogP contribution in [0, 0.1) is 5.92 Å². The first-order chi connectivity index (χ1) is 40.2. The average molecular weight is 1130 g/mol. The van der Waals surface area contributed by atoms with Crippen molar-refractivity contribution in [3.05, 3.63) is 130 Å². The zero-order valence-electron chi connectivity index (χ0n) is 48.5. The smallest absolute Gasteiger partial charge is 0.271 e. The highest BCUT2D eigenvalue weighted by atomic mass is 16.2. The van der Waals surface area contributed by atoms with Gasteiger partial charge < -0.3 is 52.3 Å². The summed E-state index contributed by atoms with van der Waals surface area (Å²) in [7, 11) is 3.37. The normalized spacial score (nSPS) is 23.3.